The molecule has 2 aliphatic heterocycles. The average Bonchev–Trinajstić information content (AvgIpc) is 3.24. The molecule has 2 heterocycles. The summed E-state index contributed by atoms with van der Waals surface area (Å²) in [4.78, 5) is 38.5. The number of hydrogen-bond acceptors (Lipinski definition) is 5. The minimum atomic E-state index is -1.25. The highest BCUT2D eigenvalue weighted by atomic mass is 35.5. The standard InChI is InChI=1S/C22H21Cl2N3O5/c23-15-7-13-10-27(21(29)12-2-1-11-4-6-32-17(11)8-12)5-3-14(13)19(24)18(15)20(28)26-16(9-25)22(30)31/h1-2,7-8,16H,3-6,9-10,25H2,(H,26,28)(H,30,31)/t16-/m0/s1. The number of carbonyl (C=O) groups excluding carboxylic acids is 2. The smallest absolute Gasteiger partial charge is 0.327 e. The summed E-state index contributed by atoms with van der Waals surface area (Å²) < 4.78 is 5.56. The number of rotatable bonds is 5. The molecule has 0 aromatic heterocycles. The third-order valence-corrected chi connectivity index (χ3v) is 6.42. The summed E-state index contributed by atoms with van der Waals surface area (Å²) >= 11 is 12.8. The van der Waals surface area contributed by atoms with Gasteiger partial charge in [-0.05, 0) is 41.3 Å². The summed E-state index contributed by atoms with van der Waals surface area (Å²) in [5.41, 5.74) is 8.49. The predicted molar refractivity (Wildman–Crippen MR) is 118 cm³/mol. The molecule has 2 aromatic rings. The molecule has 0 saturated heterocycles. The first-order valence-corrected chi connectivity index (χ1v) is 10.8. The molecule has 10 heteroatoms. The molecule has 0 fully saturated rings. The predicted octanol–water partition coefficient (Wildman–Crippen LogP) is 2.27. The number of fused-ring (bicyclic) bond motifs is 2. The van der Waals surface area contributed by atoms with Crippen molar-refractivity contribution in [2.45, 2.75) is 25.4 Å². The average molecular weight is 478 g/mol. The van der Waals surface area contributed by atoms with Gasteiger partial charge in [0.05, 0.1) is 22.2 Å². The second kappa shape index (κ2) is 8.97. The quantitative estimate of drug-likeness (QED) is 0.606. The molecule has 4 N–H and O–H groups in total. The van der Waals surface area contributed by atoms with Gasteiger partial charge < -0.3 is 25.8 Å². The Morgan fingerprint density at radius 2 is 1.97 bits per heavy atom. The van der Waals surface area contributed by atoms with E-state index in [2.05, 4.69) is 5.32 Å². The van der Waals surface area contributed by atoms with Crippen LogP contribution in [-0.4, -0.2) is 53.5 Å². The van der Waals surface area contributed by atoms with Crippen molar-refractivity contribution in [2.75, 3.05) is 19.7 Å². The number of amides is 2. The fourth-order valence-electron chi connectivity index (χ4n) is 3.97. The van der Waals surface area contributed by atoms with Crippen LogP contribution >= 0.6 is 23.2 Å². The molecular formula is C22H21Cl2N3O5. The van der Waals surface area contributed by atoms with Gasteiger partial charge in [-0.1, -0.05) is 29.3 Å². The lowest BCUT2D eigenvalue weighted by Gasteiger charge is -2.30. The normalized spacial score (nSPS) is 15.4. The molecular weight excluding hydrogens is 457 g/mol. The molecule has 168 valence electrons. The van der Waals surface area contributed by atoms with Crippen LogP contribution in [0.25, 0.3) is 0 Å². The van der Waals surface area contributed by atoms with E-state index >= 15 is 0 Å². The molecule has 8 nitrogen and oxygen atoms in total. The first-order chi connectivity index (χ1) is 15.3. The van der Waals surface area contributed by atoms with Crippen LogP contribution in [-0.2, 0) is 24.2 Å². The van der Waals surface area contributed by atoms with E-state index in [4.69, 9.17) is 38.8 Å². The minimum absolute atomic E-state index is 0.00216. The van der Waals surface area contributed by atoms with Crippen molar-refractivity contribution in [3.05, 3.63) is 62.1 Å². The second-order valence-corrected chi connectivity index (χ2v) is 8.47. The van der Waals surface area contributed by atoms with Crippen molar-refractivity contribution in [1.82, 2.24) is 10.2 Å². The van der Waals surface area contributed by atoms with Crippen molar-refractivity contribution in [2.24, 2.45) is 5.73 Å². The number of benzene rings is 2. The maximum atomic E-state index is 13.0. The van der Waals surface area contributed by atoms with Gasteiger partial charge in [0.25, 0.3) is 11.8 Å². The zero-order valence-corrected chi connectivity index (χ0v) is 18.5. The van der Waals surface area contributed by atoms with E-state index < -0.39 is 17.9 Å². The summed E-state index contributed by atoms with van der Waals surface area (Å²) in [5.74, 6) is -1.35. The van der Waals surface area contributed by atoms with Crippen LogP contribution < -0.4 is 15.8 Å². The van der Waals surface area contributed by atoms with Crippen molar-refractivity contribution in [3.8, 4) is 5.75 Å². The van der Waals surface area contributed by atoms with Crippen molar-refractivity contribution >= 4 is 41.0 Å². The SMILES string of the molecule is NC[C@H](NC(=O)c1c(Cl)cc2c(c1Cl)CCN(C(=O)c1ccc3c(c1)OCC3)C2)C(=O)O. The topological polar surface area (TPSA) is 122 Å². The summed E-state index contributed by atoms with van der Waals surface area (Å²) in [6.07, 6.45) is 1.27. The van der Waals surface area contributed by atoms with E-state index in [1.165, 1.54) is 0 Å². The van der Waals surface area contributed by atoms with Crippen LogP contribution in [0, 0.1) is 0 Å². The first-order valence-electron chi connectivity index (χ1n) is 10.1. The van der Waals surface area contributed by atoms with E-state index in [1.54, 1.807) is 23.1 Å². The number of carboxylic acid groups (broad SMARTS) is 1. The Bertz CT molecular complexity index is 1120. The van der Waals surface area contributed by atoms with Gasteiger partial charge in [0.15, 0.2) is 0 Å². The number of nitrogens with zero attached hydrogens (tertiary/aromatic N) is 1. The van der Waals surface area contributed by atoms with Gasteiger partial charge in [-0.25, -0.2) is 4.79 Å². The largest absolute Gasteiger partial charge is 0.493 e. The van der Waals surface area contributed by atoms with Crippen LogP contribution in [0.5, 0.6) is 5.75 Å². The van der Waals surface area contributed by atoms with Crippen LogP contribution in [0.1, 0.15) is 37.4 Å². The molecule has 2 aliphatic rings. The molecule has 32 heavy (non-hydrogen) atoms. The Kier molecular flexibility index (Phi) is 6.28. The Balaban J connectivity index is 1.56. The monoisotopic (exact) mass is 477 g/mol. The third kappa shape index (κ3) is 4.13. The molecule has 0 unspecified atom stereocenters. The van der Waals surface area contributed by atoms with E-state index in [-0.39, 0.29) is 34.6 Å². The molecule has 4 rings (SSSR count). The highest BCUT2D eigenvalue weighted by molar-refractivity contribution is 6.40. The Morgan fingerprint density at radius 3 is 2.69 bits per heavy atom. The maximum absolute atomic E-state index is 13.0. The molecule has 0 aliphatic carbocycles. The molecule has 0 radical (unpaired) electrons. The van der Waals surface area contributed by atoms with Gasteiger partial charge in [-0.3, -0.25) is 9.59 Å². The number of halogens is 2. The van der Waals surface area contributed by atoms with Crippen molar-refractivity contribution in [3.63, 3.8) is 0 Å². The summed E-state index contributed by atoms with van der Waals surface area (Å²) in [7, 11) is 0. The third-order valence-electron chi connectivity index (χ3n) is 5.70. The van der Waals surface area contributed by atoms with Crippen LogP contribution in [0.2, 0.25) is 10.0 Å². The van der Waals surface area contributed by atoms with Gasteiger partial charge in [0, 0.05) is 31.6 Å². The number of hydrogen-bond donors (Lipinski definition) is 3. The molecule has 0 bridgehead atoms. The highest BCUT2D eigenvalue weighted by Crippen LogP contribution is 2.35. The lowest BCUT2D eigenvalue weighted by Crippen LogP contribution is -2.46. The number of nitrogens with two attached hydrogens (primary N) is 1. The van der Waals surface area contributed by atoms with Gasteiger partial charge in [0.1, 0.15) is 11.8 Å². The van der Waals surface area contributed by atoms with Gasteiger partial charge in [-0.2, -0.15) is 0 Å². The van der Waals surface area contributed by atoms with E-state index in [1.807, 2.05) is 6.07 Å². The molecule has 2 aromatic carbocycles. The molecule has 1 atom stereocenters. The molecule has 0 spiro atoms. The van der Waals surface area contributed by atoms with Crippen LogP contribution in [0.4, 0.5) is 0 Å². The number of nitrogens with one attached hydrogen (secondary N) is 1. The zero-order chi connectivity index (χ0) is 23.0. The summed E-state index contributed by atoms with van der Waals surface area (Å²) in [6, 6.07) is 5.83. The summed E-state index contributed by atoms with van der Waals surface area (Å²) in [6.45, 7) is 1.04. The van der Waals surface area contributed by atoms with Gasteiger partial charge >= 0.3 is 5.97 Å². The zero-order valence-electron chi connectivity index (χ0n) is 17.0. The number of carboxylic acids is 1. The highest BCUT2D eigenvalue weighted by Gasteiger charge is 2.29. The van der Waals surface area contributed by atoms with Crippen LogP contribution in [0.15, 0.2) is 24.3 Å². The van der Waals surface area contributed by atoms with E-state index in [0.29, 0.717) is 30.7 Å². The first kappa shape index (κ1) is 22.4. The number of carbonyl (C=O) groups is 3. The van der Waals surface area contributed by atoms with E-state index in [9.17, 15) is 14.4 Å². The number of aliphatic carboxylic acids is 1. The Labute approximate surface area is 194 Å². The van der Waals surface area contributed by atoms with Crippen LogP contribution in [0.3, 0.4) is 0 Å². The Hall–Kier alpha value is -2.81. The van der Waals surface area contributed by atoms with Crippen molar-refractivity contribution < 1.29 is 24.2 Å². The lowest BCUT2D eigenvalue weighted by atomic mass is 9.95. The second-order valence-electron chi connectivity index (χ2n) is 7.68. The Morgan fingerprint density at radius 1 is 1.19 bits per heavy atom. The minimum Gasteiger partial charge on any atom is -0.493 e. The summed E-state index contributed by atoms with van der Waals surface area (Å²) in [5, 5.41) is 11.7. The van der Waals surface area contributed by atoms with Gasteiger partial charge in [0.2, 0.25) is 0 Å². The number of ether oxygens (including phenoxy) is 1. The van der Waals surface area contributed by atoms with Gasteiger partial charge in [-0.15, -0.1) is 0 Å². The van der Waals surface area contributed by atoms with E-state index in [0.717, 1.165) is 23.3 Å². The fourth-order valence-corrected chi connectivity index (χ4v) is 4.73. The molecule has 2 amide bonds. The maximum Gasteiger partial charge on any atom is 0.327 e. The molecule has 0 saturated carbocycles. The lowest BCUT2D eigenvalue weighted by molar-refractivity contribution is -0.138. The fraction of sp³-hybridized carbons (Fsp3) is 0.318. The van der Waals surface area contributed by atoms with Crippen molar-refractivity contribution in [1.29, 1.82) is 0 Å².